The molecule has 0 aromatic rings. The lowest BCUT2D eigenvalue weighted by Gasteiger charge is -2.03. The number of urea groups is 1. The van der Waals surface area contributed by atoms with E-state index in [0.717, 1.165) is 0 Å². The Morgan fingerprint density at radius 1 is 1.44 bits per heavy atom. The Kier molecular flexibility index (Phi) is 3.28. The summed E-state index contributed by atoms with van der Waals surface area (Å²) >= 11 is 1.66. The van der Waals surface area contributed by atoms with Crippen LogP contribution in [0.4, 0.5) is 4.79 Å². The van der Waals surface area contributed by atoms with Gasteiger partial charge in [-0.05, 0) is 22.6 Å². The number of halogens is 1. The predicted molar refractivity (Wildman–Crippen MR) is 39.7 cm³/mol. The van der Waals surface area contributed by atoms with Gasteiger partial charge in [0.1, 0.15) is 0 Å². The van der Waals surface area contributed by atoms with Gasteiger partial charge in [0.05, 0.1) is 0 Å². The summed E-state index contributed by atoms with van der Waals surface area (Å²) in [5.41, 5.74) is 9.44. The van der Waals surface area contributed by atoms with E-state index in [1.807, 2.05) is 0 Å². The molecule has 3 amide bonds. The van der Waals surface area contributed by atoms with Gasteiger partial charge in [-0.3, -0.25) is 4.79 Å². The highest BCUT2D eigenvalue weighted by atomic mass is 127. The molecule has 1 unspecified atom stereocenters. The van der Waals surface area contributed by atoms with Gasteiger partial charge in [0.2, 0.25) is 5.91 Å². The second-order valence-corrected chi connectivity index (χ2v) is 2.52. The van der Waals surface area contributed by atoms with Crippen LogP contribution in [0, 0.1) is 0 Å². The zero-order valence-corrected chi connectivity index (χ0v) is 6.58. The summed E-state index contributed by atoms with van der Waals surface area (Å²) < 4.78 is -0.722. The highest BCUT2D eigenvalue weighted by Crippen LogP contribution is 1.91. The topological polar surface area (TPSA) is 98.2 Å². The van der Waals surface area contributed by atoms with E-state index in [2.05, 4.69) is 11.1 Å². The highest BCUT2D eigenvalue weighted by Gasteiger charge is 2.10. The Hall–Kier alpha value is -0.530. The Labute approximate surface area is 65.3 Å². The lowest BCUT2D eigenvalue weighted by Crippen LogP contribution is -2.42. The number of nitrogens with one attached hydrogen (secondary N) is 1. The van der Waals surface area contributed by atoms with Crippen LogP contribution in [0.2, 0.25) is 0 Å². The zero-order valence-electron chi connectivity index (χ0n) is 4.43. The van der Waals surface area contributed by atoms with Crippen molar-refractivity contribution in [2.45, 2.75) is 4.05 Å². The van der Waals surface area contributed by atoms with E-state index >= 15 is 0 Å². The fourth-order valence-corrected chi connectivity index (χ4v) is 0.503. The quantitative estimate of drug-likeness (QED) is 0.326. The standard InChI is InChI=1S/C3H6IN3O2/c4-1(2(5)8)7-3(6)9/h1H,(H2,5,8)(H3,6,7,9). The highest BCUT2D eigenvalue weighted by molar-refractivity contribution is 14.1. The van der Waals surface area contributed by atoms with Gasteiger partial charge < -0.3 is 16.8 Å². The van der Waals surface area contributed by atoms with E-state index in [9.17, 15) is 9.59 Å². The number of nitrogens with two attached hydrogens (primary N) is 2. The van der Waals surface area contributed by atoms with Gasteiger partial charge in [-0.15, -0.1) is 0 Å². The molecule has 0 heterocycles. The average Bonchev–Trinajstić information content (AvgIpc) is 1.63. The van der Waals surface area contributed by atoms with E-state index in [1.54, 1.807) is 22.6 Å². The van der Waals surface area contributed by atoms with Crippen molar-refractivity contribution in [3.05, 3.63) is 0 Å². The lowest BCUT2D eigenvalue weighted by atomic mass is 10.6. The molecule has 0 aromatic carbocycles. The molecule has 52 valence electrons. The molecule has 0 fully saturated rings. The van der Waals surface area contributed by atoms with Crippen molar-refractivity contribution in [3.63, 3.8) is 0 Å². The summed E-state index contributed by atoms with van der Waals surface area (Å²) in [7, 11) is 0. The molecule has 0 saturated heterocycles. The third kappa shape index (κ3) is 4.01. The molecule has 5 N–H and O–H groups in total. The van der Waals surface area contributed by atoms with Gasteiger partial charge in [-0.25, -0.2) is 4.79 Å². The van der Waals surface area contributed by atoms with Crippen molar-refractivity contribution >= 4 is 34.5 Å². The van der Waals surface area contributed by atoms with Gasteiger partial charge in [0.25, 0.3) is 0 Å². The van der Waals surface area contributed by atoms with Gasteiger partial charge in [-0.1, -0.05) is 0 Å². The summed E-state index contributed by atoms with van der Waals surface area (Å²) in [6.45, 7) is 0. The molecule has 5 nitrogen and oxygen atoms in total. The molecule has 0 rings (SSSR count). The van der Waals surface area contributed by atoms with Crippen LogP contribution in [0.5, 0.6) is 0 Å². The second-order valence-electron chi connectivity index (χ2n) is 1.27. The van der Waals surface area contributed by atoms with Crippen molar-refractivity contribution < 1.29 is 9.59 Å². The first-order valence-electron chi connectivity index (χ1n) is 2.03. The maximum Gasteiger partial charge on any atom is 0.313 e. The van der Waals surface area contributed by atoms with Crippen molar-refractivity contribution in [3.8, 4) is 0 Å². The number of carbonyl (C=O) groups excluding carboxylic acids is 2. The van der Waals surface area contributed by atoms with E-state index in [1.165, 1.54) is 0 Å². The normalized spacial score (nSPS) is 12.1. The minimum atomic E-state index is -0.756. The van der Waals surface area contributed by atoms with Crippen LogP contribution >= 0.6 is 22.6 Å². The molecule has 0 aromatic heterocycles. The Bertz CT molecular complexity index is 137. The first-order chi connectivity index (χ1) is 4.04. The Morgan fingerprint density at radius 3 is 2.00 bits per heavy atom. The summed E-state index contributed by atoms with van der Waals surface area (Å²) in [6.07, 6.45) is 0. The van der Waals surface area contributed by atoms with Gasteiger partial charge in [-0.2, -0.15) is 0 Å². The van der Waals surface area contributed by atoms with Gasteiger partial charge in [0, 0.05) is 0 Å². The number of hydrogen-bond acceptors (Lipinski definition) is 2. The molecule has 0 bridgehead atoms. The minimum Gasteiger partial charge on any atom is -0.367 e. The maximum absolute atomic E-state index is 10.2. The fraction of sp³-hybridized carbons (Fsp3) is 0.333. The molecule has 0 spiro atoms. The molecule has 9 heavy (non-hydrogen) atoms. The van der Waals surface area contributed by atoms with Crippen molar-refractivity contribution in [1.29, 1.82) is 0 Å². The molecule has 0 aliphatic heterocycles. The number of carbonyl (C=O) groups is 2. The molecule has 6 heteroatoms. The first kappa shape index (κ1) is 8.47. The lowest BCUT2D eigenvalue weighted by molar-refractivity contribution is -0.117. The molecule has 0 saturated carbocycles. The number of alkyl halides is 1. The molecule has 0 radical (unpaired) electrons. The second kappa shape index (κ2) is 3.49. The monoisotopic (exact) mass is 243 g/mol. The Balaban J connectivity index is 3.63. The van der Waals surface area contributed by atoms with Gasteiger partial charge in [0.15, 0.2) is 4.05 Å². The third-order valence-electron chi connectivity index (χ3n) is 0.519. The van der Waals surface area contributed by atoms with Crippen LogP contribution < -0.4 is 16.8 Å². The van der Waals surface area contributed by atoms with E-state index in [-0.39, 0.29) is 0 Å². The molecule has 0 aliphatic carbocycles. The molecular formula is C3H6IN3O2. The van der Waals surface area contributed by atoms with Crippen LogP contribution in [0.1, 0.15) is 0 Å². The molecule has 1 atom stereocenters. The average molecular weight is 243 g/mol. The van der Waals surface area contributed by atoms with Crippen molar-refractivity contribution in [2.24, 2.45) is 11.5 Å². The first-order valence-corrected chi connectivity index (χ1v) is 3.28. The zero-order chi connectivity index (χ0) is 7.44. The fourth-order valence-electron chi connectivity index (χ4n) is 0.196. The maximum atomic E-state index is 10.2. The summed E-state index contributed by atoms with van der Waals surface area (Å²) in [5, 5.41) is 2.09. The summed E-state index contributed by atoms with van der Waals surface area (Å²) in [6, 6.07) is -0.756. The van der Waals surface area contributed by atoms with E-state index < -0.39 is 16.0 Å². The molecular weight excluding hydrogens is 237 g/mol. The largest absolute Gasteiger partial charge is 0.367 e. The van der Waals surface area contributed by atoms with Crippen LogP contribution in [0.25, 0.3) is 0 Å². The van der Waals surface area contributed by atoms with E-state index in [0.29, 0.717) is 0 Å². The predicted octanol–water partition coefficient (Wildman–Crippen LogP) is -1.10. The van der Waals surface area contributed by atoms with Crippen LogP contribution in [0.15, 0.2) is 0 Å². The summed E-state index contributed by atoms with van der Waals surface area (Å²) in [5.74, 6) is -0.616. The summed E-state index contributed by atoms with van der Waals surface area (Å²) in [4.78, 5) is 20.2. The smallest absolute Gasteiger partial charge is 0.313 e. The van der Waals surface area contributed by atoms with Crippen LogP contribution in [-0.4, -0.2) is 16.0 Å². The number of amides is 3. The SMILES string of the molecule is NC(=O)NC(I)C(N)=O. The number of hydrogen-bond donors (Lipinski definition) is 3. The Morgan fingerprint density at radius 2 is 1.89 bits per heavy atom. The van der Waals surface area contributed by atoms with Crippen molar-refractivity contribution in [2.75, 3.05) is 0 Å². The third-order valence-corrected chi connectivity index (χ3v) is 1.44. The number of rotatable bonds is 2. The van der Waals surface area contributed by atoms with Crippen LogP contribution in [-0.2, 0) is 4.79 Å². The van der Waals surface area contributed by atoms with Gasteiger partial charge >= 0.3 is 6.03 Å². The number of primary amides is 2. The minimum absolute atomic E-state index is 0.616. The molecule has 0 aliphatic rings. The van der Waals surface area contributed by atoms with E-state index in [4.69, 9.17) is 5.73 Å². The van der Waals surface area contributed by atoms with Crippen molar-refractivity contribution in [1.82, 2.24) is 5.32 Å². The van der Waals surface area contributed by atoms with Crippen LogP contribution in [0.3, 0.4) is 0 Å².